The minimum atomic E-state index is 0.226. The van der Waals surface area contributed by atoms with Gasteiger partial charge < -0.3 is 5.32 Å². The van der Waals surface area contributed by atoms with E-state index >= 15 is 0 Å². The van der Waals surface area contributed by atoms with Crippen LogP contribution in [0, 0.1) is 12.3 Å². The van der Waals surface area contributed by atoms with Crippen LogP contribution in [0.4, 0.5) is 0 Å². The van der Waals surface area contributed by atoms with Gasteiger partial charge in [-0.2, -0.15) is 0 Å². The van der Waals surface area contributed by atoms with Crippen molar-refractivity contribution in [1.29, 1.82) is 0 Å². The summed E-state index contributed by atoms with van der Waals surface area (Å²) in [4.78, 5) is 4.38. The number of aromatic nitrogens is 1. The summed E-state index contributed by atoms with van der Waals surface area (Å²) in [7, 11) is 0. The quantitative estimate of drug-likeness (QED) is 0.753. The molecule has 0 bridgehead atoms. The number of rotatable bonds is 7. The Kier molecular flexibility index (Phi) is 5.93. The summed E-state index contributed by atoms with van der Waals surface area (Å²) in [5.41, 5.74) is 2.59. The zero-order chi connectivity index (χ0) is 12.7. The molecule has 0 fully saturated rings. The average Bonchev–Trinajstić information content (AvgIpc) is 2.37. The fraction of sp³-hybridized carbons (Fsp3) is 0.643. The molecule has 0 spiro atoms. The van der Waals surface area contributed by atoms with Crippen molar-refractivity contribution in [3.05, 3.63) is 29.6 Å². The minimum Gasteiger partial charge on any atom is -0.311 e. The van der Waals surface area contributed by atoms with E-state index in [1.807, 2.05) is 12.3 Å². The summed E-state index contributed by atoms with van der Waals surface area (Å²) in [5, 5.41) is 3.49. The van der Waals surface area contributed by atoms with Gasteiger partial charge in [-0.1, -0.05) is 19.9 Å². The first-order valence-electron chi connectivity index (χ1n) is 6.34. The van der Waals surface area contributed by atoms with Crippen LogP contribution in [0.15, 0.2) is 18.3 Å². The number of pyridine rings is 1. The van der Waals surface area contributed by atoms with Gasteiger partial charge in [-0.15, -0.1) is 11.6 Å². The third-order valence-electron chi connectivity index (χ3n) is 3.69. The highest BCUT2D eigenvalue weighted by Gasteiger charge is 2.24. The van der Waals surface area contributed by atoms with Crippen LogP contribution < -0.4 is 5.32 Å². The number of aryl methyl sites for hydroxylation is 1. The lowest BCUT2D eigenvalue weighted by atomic mass is 9.84. The van der Waals surface area contributed by atoms with Gasteiger partial charge in [0.05, 0.1) is 5.69 Å². The van der Waals surface area contributed by atoms with E-state index in [1.165, 1.54) is 5.56 Å². The highest BCUT2D eigenvalue weighted by molar-refractivity contribution is 6.18. The summed E-state index contributed by atoms with van der Waals surface area (Å²) in [6.07, 6.45) is 4.07. The molecule has 0 amide bonds. The molecule has 0 atom stereocenters. The van der Waals surface area contributed by atoms with Crippen molar-refractivity contribution in [1.82, 2.24) is 10.3 Å². The van der Waals surface area contributed by atoms with Gasteiger partial charge in [0, 0.05) is 25.2 Å². The highest BCUT2D eigenvalue weighted by atomic mass is 35.5. The second-order valence-electron chi connectivity index (χ2n) is 4.71. The maximum Gasteiger partial charge on any atom is 0.0570 e. The molecule has 96 valence electrons. The molecule has 0 aliphatic carbocycles. The van der Waals surface area contributed by atoms with E-state index in [0.29, 0.717) is 5.88 Å². The summed E-state index contributed by atoms with van der Waals surface area (Å²) < 4.78 is 0. The average molecular weight is 255 g/mol. The predicted molar refractivity (Wildman–Crippen MR) is 74.4 cm³/mol. The zero-order valence-electron chi connectivity index (χ0n) is 11.1. The Hall–Kier alpha value is -0.600. The standard InChI is InChI=1S/C14H23ClN2/c1-4-14(5-2,10-15)11-16-9-13-12(3)7-6-8-17-13/h6-8,16H,4-5,9-11H2,1-3H3. The lowest BCUT2D eigenvalue weighted by molar-refractivity contribution is 0.285. The largest absolute Gasteiger partial charge is 0.311 e. The molecule has 1 N–H and O–H groups in total. The van der Waals surface area contributed by atoms with E-state index in [2.05, 4.69) is 37.1 Å². The SMILES string of the molecule is CCC(CC)(CCl)CNCc1ncccc1C. The lowest BCUT2D eigenvalue weighted by Gasteiger charge is -2.29. The first-order valence-corrected chi connectivity index (χ1v) is 6.88. The first-order chi connectivity index (χ1) is 8.17. The van der Waals surface area contributed by atoms with Crippen molar-refractivity contribution < 1.29 is 0 Å². The zero-order valence-corrected chi connectivity index (χ0v) is 11.8. The summed E-state index contributed by atoms with van der Waals surface area (Å²) in [6, 6.07) is 4.07. The maximum atomic E-state index is 6.08. The predicted octanol–water partition coefficient (Wildman–Crippen LogP) is 3.52. The molecule has 1 rings (SSSR count). The lowest BCUT2D eigenvalue weighted by Crippen LogP contribution is -2.35. The smallest absolute Gasteiger partial charge is 0.0570 e. The van der Waals surface area contributed by atoms with Crippen molar-refractivity contribution in [2.75, 3.05) is 12.4 Å². The van der Waals surface area contributed by atoms with Gasteiger partial charge in [-0.25, -0.2) is 0 Å². The molecule has 2 nitrogen and oxygen atoms in total. The number of nitrogens with zero attached hydrogens (tertiary/aromatic N) is 1. The van der Waals surface area contributed by atoms with Crippen LogP contribution >= 0.6 is 11.6 Å². The Morgan fingerprint density at radius 3 is 2.59 bits per heavy atom. The number of nitrogens with one attached hydrogen (secondary N) is 1. The molecular formula is C14H23ClN2. The van der Waals surface area contributed by atoms with E-state index in [0.717, 1.165) is 31.6 Å². The molecule has 0 aliphatic rings. The Morgan fingerprint density at radius 2 is 2.06 bits per heavy atom. The third kappa shape index (κ3) is 3.97. The second kappa shape index (κ2) is 6.97. The van der Waals surface area contributed by atoms with Gasteiger partial charge in [-0.05, 0) is 36.8 Å². The van der Waals surface area contributed by atoms with Crippen LogP contribution in [0.2, 0.25) is 0 Å². The van der Waals surface area contributed by atoms with Gasteiger partial charge in [0.1, 0.15) is 0 Å². The van der Waals surface area contributed by atoms with Crippen molar-refractivity contribution in [3.63, 3.8) is 0 Å². The Morgan fingerprint density at radius 1 is 1.35 bits per heavy atom. The Bertz CT molecular complexity index is 326. The van der Waals surface area contributed by atoms with Crippen LogP contribution in [0.1, 0.15) is 37.9 Å². The fourth-order valence-electron chi connectivity index (χ4n) is 1.89. The van der Waals surface area contributed by atoms with Gasteiger partial charge in [-0.3, -0.25) is 4.98 Å². The number of alkyl halides is 1. The summed E-state index contributed by atoms with van der Waals surface area (Å²) >= 11 is 6.08. The number of hydrogen-bond donors (Lipinski definition) is 1. The van der Waals surface area contributed by atoms with Crippen molar-refractivity contribution in [2.24, 2.45) is 5.41 Å². The van der Waals surface area contributed by atoms with Crippen LogP contribution in [-0.2, 0) is 6.54 Å². The van der Waals surface area contributed by atoms with Crippen LogP contribution in [0.5, 0.6) is 0 Å². The van der Waals surface area contributed by atoms with E-state index in [1.54, 1.807) is 0 Å². The highest BCUT2D eigenvalue weighted by Crippen LogP contribution is 2.26. The minimum absolute atomic E-state index is 0.226. The van der Waals surface area contributed by atoms with E-state index in [9.17, 15) is 0 Å². The van der Waals surface area contributed by atoms with Crippen molar-refractivity contribution in [3.8, 4) is 0 Å². The van der Waals surface area contributed by atoms with Gasteiger partial charge in [0.25, 0.3) is 0 Å². The summed E-state index contributed by atoms with van der Waals surface area (Å²) in [5.74, 6) is 0.716. The van der Waals surface area contributed by atoms with Gasteiger partial charge >= 0.3 is 0 Å². The molecule has 1 aromatic rings. The van der Waals surface area contributed by atoms with E-state index in [4.69, 9.17) is 11.6 Å². The molecule has 1 aromatic heterocycles. The first kappa shape index (κ1) is 14.5. The molecular weight excluding hydrogens is 232 g/mol. The molecule has 0 saturated heterocycles. The monoisotopic (exact) mass is 254 g/mol. The van der Waals surface area contributed by atoms with Gasteiger partial charge in [0.15, 0.2) is 0 Å². The molecule has 1 heterocycles. The van der Waals surface area contributed by atoms with Crippen LogP contribution in [0.25, 0.3) is 0 Å². The third-order valence-corrected chi connectivity index (χ3v) is 4.26. The molecule has 0 aromatic carbocycles. The maximum absolute atomic E-state index is 6.08. The Balaban J connectivity index is 2.49. The number of hydrogen-bond acceptors (Lipinski definition) is 2. The molecule has 0 saturated carbocycles. The molecule has 0 unspecified atom stereocenters. The molecule has 3 heteroatoms. The molecule has 0 radical (unpaired) electrons. The van der Waals surface area contributed by atoms with Crippen LogP contribution in [0.3, 0.4) is 0 Å². The van der Waals surface area contributed by atoms with Crippen LogP contribution in [-0.4, -0.2) is 17.4 Å². The van der Waals surface area contributed by atoms with Crippen molar-refractivity contribution in [2.45, 2.75) is 40.2 Å². The van der Waals surface area contributed by atoms with E-state index < -0.39 is 0 Å². The van der Waals surface area contributed by atoms with Crippen molar-refractivity contribution >= 4 is 11.6 Å². The normalized spacial score (nSPS) is 11.8. The van der Waals surface area contributed by atoms with E-state index in [-0.39, 0.29) is 5.41 Å². The second-order valence-corrected chi connectivity index (χ2v) is 4.98. The Labute approximate surface area is 110 Å². The summed E-state index contributed by atoms with van der Waals surface area (Å²) in [6.45, 7) is 8.29. The van der Waals surface area contributed by atoms with Gasteiger partial charge in [0.2, 0.25) is 0 Å². The molecule has 17 heavy (non-hydrogen) atoms. The number of halogens is 1. The molecule has 0 aliphatic heterocycles. The fourth-order valence-corrected chi connectivity index (χ4v) is 2.36. The topological polar surface area (TPSA) is 24.9 Å².